The van der Waals surface area contributed by atoms with Crippen molar-refractivity contribution < 1.29 is 14.6 Å². The lowest BCUT2D eigenvalue weighted by molar-refractivity contribution is 0.0693. The summed E-state index contributed by atoms with van der Waals surface area (Å²) in [6, 6.07) is 6.85. The second-order valence-corrected chi connectivity index (χ2v) is 3.54. The Morgan fingerprint density at radius 3 is 2.94 bits per heavy atom. The molecule has 0 unspecified atom stereocenters. The number of carboxylic acid groups (broad SMARTS) is 1. The van der Waals surface area contributed by atoms with E-state index in [0.29, 0.717) is 12.3 Å². The maximum absolute atomic E-state index is 10.9. The first-order valence-corrected chi connectivity index (χ1v) is 5.08. The van der Waals surface area contributed by atoms with Crippen LogP contribution in [-0.4, -0.2) is 28.0 Å². The van der Waals surface area contributed by atoms with Gasteiger partial charge in [-0.25, -0.2) is 4.79 Å². The number of aromatic nitrogens is 2. The van der Waals surface area contributed by atoms with Gasteiger partial charge >= 0.3 is 5.97 Å². The molecule has 0 bridgehead atoms. The van der Waals surface area contributed by atoms with Crippen LogP contribution in [0.3, 0.4) is 0 Å². The van der Waals surface area contributed by atoms with E-state index in [4.69, 9.17) is 9.84 Å². The Balaban J connectivity index is 2.28. The molecule has 5 nitrogen and oxygen atoms in total. The molecule has 0 fully saturated rings. The van der Waals surface area contributed by atoms with Crippen LogP contribution in [0.5, 0.6) is 5.75 Å². The maximum Gasteiger partial charge on any atom is 0.339 e. The van der Waals surface area contributed by atoms with Gasteiger partial charge in [0.15, 0.2) is 0 Å². The van der Waals surface area contributed by atoms with Crippen LogP contribution in [-0.2, 0) is 6.54 Å². The SMILES string of the molecule is COc1cc(Cn2cccn2)ccc1C(=O)O. The maximum atomic E-state index is 10.9. The van der Waals surface area contributed by atoms with Gasteiger partial charge in [0, 0.05) is 12.4 Å². The van der Waals surface area contributed by atoms with Gasteiger partial charge in [0.1, 0.15) is 11.3 Å². The van der Waals surface area contributed by atoms with Crippen LogP contribution in [0.25, 0.3) is 0 Å². The van der Waals surface area contributed by atoms with Gasteiger partial charge in [0.05, 0.1) is 13.7 Å². The third-order valence-electron chi connectivity index (χ3n) is 2.40. The predicted octanol–water partition coefficient (Wildman–Crippen LogP) is 1.64. The molecule has 5 heteroatoms. The van der Waals surface area contributed by atoms with Gasteiger partial charge < -0.3 is 9.84 Å². The topological polar surface area (TPSA) is 64.4 Å². The second-order valence-electron chi connectivity index (χ2n) is 3.54. The smallest absolute Gasteiger partial charge is 0.339 e. The van der Waals surface area contributed by atoms with E-state index in [9.17, 15) is 4.79 Å². The van der Waals surface area contributed by atoms with Crippen LogP contribution in [0.15, 0.2) is 36.7 Å². The standard InChI is InChI=1S/C12H12N2O3/c1-17-11-7-9(3-4-10(11)12(15)16)8-14-6-2-5-13-14/h2-7H,8H2,1H3,(H,15,16). The molecule has 0 aliphatic carbocycles. The third kappa shape index (κ3) is 2.44. The van der Waals surface area contributed by atoms with Crippen molar-refractivity contribution >= 4 is 5.97 Å². The monoisotopic (exact) mass is 232 g/mol. The summed E-state index contributed by atoms with van der Waals surface area (Å²) in [6.45, 7) is 0.587. The Hall–Kier alpha value is -2.30. The summed E-state index contributed by atoms with van der Waals surface area (Å²) in [5, 5.41) is 13.0. The molecule has 0 spiro atoms. The minimum atomic E-state index is -0.993. The lowest BCUT2D eigenvalue weighted by Gasteiger charge is -2.08. The highest BCUT2D eigenvalue weighted by Gasteiger charge is 2.11. The van der Waals surface area contributed by atoms with Gasteiger partial charge in [-0.2, -0.15) is 5.10 Å². The first-order chi connectivity index (χ1) is 8.20. The molecule has 1 N–H and O–H groups in total. The predicted molar refractivity (Wildman–Crippen MR) is 61.3 cm³/mol. The summed E-state index contributed by atoms with van der Waals surface area (Å²) in [4.78, 5) is 10.9. The van der Waals surface area contributed by atoms with Crippen LogP contribution in [0, 0.1) is 0 Å². The number of methoxy groups -OCH3 is 1. The summed E-state index contributed by atoms with van der Waals surface area (Å²) in [7, 11) is 1.46. The molecule has 0 aliphatic rings. The molecule has 0 saturated heterocycles. The largest absolute Gasteiger partial charge is 0.496 e. The number of ether oxygens (including phenoxy) is 1. The Bertz CT molecular complexity index is 521. The molecule has 0 radical (unpaired) electrons. The van der Waals surface area contributed by atoms with Crippen LogP contribution < -0.4 is 4.74 Å². The highest BCUT2D eigenvalue weighted by Crippen LogP contribution is 2.20. The minimum Gasteiger partial charge on any atom is -0.496 e. The van der Waals surface area contributed by atoms with E-state index >= 15 is 0 Å². The fraction of sp³-hybridized carbons (Fsp3) is 0.167. The van der Waals surface area contributed by atoms with Crippen LogP contribution in [0.2, 0.25) is 0 Å². The highest BCUT2D eigenvalue weighted by molar-refractivity contribution is 5.90. The lowest BCUT2D eigenvalue weighted by atomic mass is 10.1. The van der Waals surface area contributed by atoms with Crippen molar-refractivity contribution in [3.05, 3.63) is 47.8 Å². The first kappa shape index (κ1) is 11.2. The summed E-state index contributed by atoms with van der Waals surface area (Å²) >= 11 is 0. The molecule has 1 heterocycles. The van der Waals surface area contributed by atoms with Crippen LogP contribution in [0.1, 0.15) is 15.9 Å². The zero-order chi connectivity index (χ0) is 12.3. The zero-order valence-electron chi connectivity index (χ0n) is 9.33. The van der Waals surface area contributed by atoms with Crippen molar-refractivity contribution in [3.8, 4) is 5.75 Å². The van der Waals surface area contributed by atoms with Gasteiger partial charge in [0.25, 0.3) is 0 Å². The normalized spacial score (nSPS) is 10.2. The quantitative estimate of drug-likeness (QED) is 0.870. The average molecular weight is 232 g/mol. The highest BCUT2D eigenvalue weighted by atomic mass is 16.5. The van der Waals surface area contributed by atoms with Crippen molar-refractivity contribution in [1.82, 2.24) is 9.78 Å². The van der Waals surface area contributed by atoms with Gasteiger partial charge in [0.2, 0.25) is 0 Å². The van der Waals surface area contributed by atoms with Crippen molar-refractivity contribution in [1.29, 1.82) is 0 Å². The molecule has 17 heavy (non-hydrogen) atoms. The minimum absolute atomic E-state index is 0.164. The molecule has 1 aromatic heterocycles. The number of carbonyl (C=O) groups is 1. The number of aromatic carboxylic acids is 1. The Labute approximate surface area is 98.3 Å². The number of hydrogen-bond acceptors (Lipinski definition) is 3. The molecule has 0 aliphatic heterocycles. The molecular formula is C12H12N2O3. The zero-order valence-corrected chi connectivity index (χ0v) is 9.33. The fourth-order valence-electron chi connectivity index (χ4n) is 1.59. The summed E-state index contributed by atoms with van der Waals surface area (Å²) < 4.78 is 6.82. The summed E-state index contributed by atoms with van der Waals surface area (Å²) in [5.41, 5.74) is 1.10. The molecule has 2 aromatic rings. The third-order valence-corrected chi connectivity index (χ3v) is 2.40. The van der Waals surface area contributed by atoms with Crippen molar-refractivity contribution in [2.45, 2.75) is 6.54 Å². The molecule has 0 amide bonds. The first-order valence-electron chi connectivity index (χ1n) is 5.08. The number of hydrogen-bond donors (Lipinski definition) is 1. The summed E-state index contributed by atoms with van der Waals surface area (Å²) in [6.07, 6.45) is 3.54. The molecule has 0 saturated carbocycles. The van der Waals surface area contributed by atoms with Gasteiger partial charge in [-0.05, 0) is 23.8 Å². The second kappa shape index (κ2) is 4.69. The number of rotatable bonds is 4. The van der Waals surface area contributed by atoms with Gasteiger partial charge in [-0.15, -0.1) is 0 Å². The van der Waals surface area contributed by atoms with E-state index in [1.165, 1.54) is 7.11 Å². The Kier molecular flexibility index (Phi) is 3.09. The molecule has 88 valence electrons. The number of benzene rings is 1. The van der Waals surface area contributed by atoms with Crippen molar-refractivity contribution in [2.24, 2.45) is 0 Å². The molecule has 0 atom stereocenters. The van der Waals surface area contributed by atoms with Crippen molar-refractivity contribution in [3.63, 3.8) is 0 Å². The van der Waals surface area contributed by atoms with Gasteiger partial charge in [-0.3, -0.25) is 4.68 Å². The van der Waals surface area contributed by atoms with Crippen LogP contribution in [0.4, 0.5) is 0 Å². The molecular weight excluding hydrogens is 220 g/mol. The van der Waals surface area contributed by atoms with Crippen LogP contribution >= 0.6 is 0 Å². The number of nitrogens with zero attached hydrogens (tertiary/aromatic N) is 2. The van der Waals surface area contributed by atoms with E-state index in [2.05, 4.69) is 5.10 Å². The van der Waals surface area contributed by atoms with E-state index in [0.717, 1.165) is 5.56 Å². The fourth-order valence-corrected chi connectivity index (χ4v) is 1.59. The molecule has 1 aromatic carbocycles. The molecule has 2 rings (SSSR count). The lowest BCUT2D eigenvalue weighted by Crippen LogP contribution is -2.04. The summed E-state index contributed by atoms with van der Waals surface area (Å²) in [5.74, 6) is -0.630. The number of carboxylic acids is 1. The van der Waals surface area contributed by atoms with Gasteiger partial charge in [-0.1, -0.05) is 6.07 Å². The van der Waals surface area contributed by atoms with E-state index in [1.807, 2.05) is 12.3 Å². The Morgan fingerprint density at radius 2 is 2.35 bits per heavy atom. The van der Waals surface area contributed by atoms with E-state index in [-0.39, 0.29) is 5.56 Å². The Morgan fingerprint density at radius 1 is 1.53 bits per heavy atom. The van der Waals surface area contributed by atoms with Crippen molar-refractivity contribution in [2.75, 3.05) is 7.11 Å². The van der Waals surface area contributed by atoms with E-state index in [1.54, 1.807) is 29.1 Å². The average Bonchev–Trinajstić information content (AvgIpc) is 2.81. The van der Waals surface area contributed by atoms with E-state index < -0.39 is 5.97 Å².